The van der Waals surface area contributed by atoms with Gasteiger partial charge < -0.3 is 10.1 Å². The van der Waals surface area contributed by atoms with Crippen molar-refractivity contribution in [1.29, 1.82) is 0 Å². The van der Waals surface area contributed by atoms with Crippen LogP contribution < -0.4 is 5.32 Å². The van der Waals surface area contributed by atoms with Crippen LogP contribution in [-0.2, 0) is 4.74 Å². The molecule has 0 radical (unpaired) electrons. The molecule has 0 spiro atoms. The van der Waals surface area contributed by atoms with Gasteiger partial charge in [0.15, 0.2) is 5.82 Å². The molecule has 8 nitrogen and oxygen atoms in total. The number of anilines is 1. The highest BCUT2D eigenvalue weighted by Gasteiger charge is 2.21. The van der Waals surface area contributed by atoms with Crippen molar-refractivity contribution in [2.24, 2.45) is 0 Å². The van der Waals surface area contributed by atoms with Gasteiger partial charge in [-0.1, -0.05) is 0 Å². The Kier molecular flexibility index (Phi) is 4.59. The highest BCUT2D eigenvalue weighted by atomic mass is 16.5. The zero-order chi connectivity index (χ0) is 15.4. The molecule has 3 rings (SSSR count). The monoisotopic (exact) mass is 303 g/mol. The fraction of sp³-hybridized carbons (Fsp3) is 0.571. The van der Waals surface area contributed by atoms with Crippen molar-refractivity contribution in [3.05, 3.63) is 25.0 Å². The van der Waals surface area contributed by atoms with Gasteiger partial charge >= 0.3 is 0 Å². The SMILES string of the molecule is C[C@@H]1CN(CCNc2cncc(-n3cncn3)n2)C[C@@H](C)O1. The zero-order valence-corrected chi connectivity index (χ0v) is 12.9. The smallest absolute Gasteiger partial charge is 0.175 e. The number of rotatable bonds is 5. The lowest BCUT2D eigenvalue weighted by atomic mass is 10.2. The third kappa shape index (κ3) is 3.77. The van der Waals surface area contributed by atoms with E-state index >= 15 is 0 Å². The lowest BCUT2D eigenvalue weighted by Gasteiger charge is -2.35. The topological polar surface area (TPSA) is 81.0 Å². The summed E-state index contributed by atoms with van der Waals surface area (Å²) in [7, 11) is 0. The van der Waals surface area contributed by atoms with Gasteiger partial charge in [-0.25, -0.2) is 14.6 Å². The molecule has 3 heterocycles. The van der Waals surface area contributed by atoms with E-state index in [0.29, 0.717) is 18.0 Å². The largest absolute Gasteiger partial charge is 0.373 e. The minimum atomic E-state index is 0.291. The highest BCUT2D eigenvalue weighted by Crippen LogP contribution is 2.10. The molecule has 2 aromatic rings. The first-order valence-electron chi connectivity index (χ1n) is 7.49. The number of aromatic nitrogens is 5. The number of hydrogen-bond donors (Lipinski definition) is 1. The molecule has 1 aliphatic rings. The van der Waals surface area contributed by atoms with E-state index in [1.165, 1.54) is 6.33 Å². The van der Waals surface area contributed by atoms with E-state index in [0.717, 1.165) is 32.0 Å². The average Bonchev–Trinajstić information content (AvgIpc) is 3.01. The van der Waals surface area contributed by atoms with Crippen LogP contribution in [-0.4, -0.2) is 68.0 Å². The molecular formula is C14H21N7O. The number of ether oxygens (including phenoxy) is 1. The summed E-state index contributed by atoms with van der Waals surface area (Å²) in [6, 6.07) is 0. The number of nitrogens with one attached hydrogen (secondary N) is 1. The van der Waals surface area contributed by atoms with Crippen LogP contribution in [0, 0.1) is 0 Å². The molecule has 0 unspecified atom stereocenters. The summed E-state index contributed by atoms with van der Waals surface area (Å²) in [5.74, 6) is 1.39. The summed E-state index contributed by atoms with van der Waals surface area (Å²) < 4.78 is 7.32. The minimum Gasteiger partial charge on any atom is -0.373 e. The van der Waals surface area contributed by atoms with E-state index < -0.39 is 0 Å². The molecule has 8 heteroatoms. The normalized spacial score (nSPS) is 22.6. The van der Waals surface area contributed by atoms with Gasteiger partial charge in [-0.2, -0.15) is 5.10 Å². The standard InChI is InChI=1S/C14H21N7O/c1-11-7-20(8-12(2)22-11)4-3-17-13-5-15-6-14(19-13)21-10-16-9-18-21/h5-6,9-12H,3-4,7-8H2,1-2H3,(H,17,19)/t11-,12-/m1/s1. The number of hydrogen-bond acceptors (Lipinski definition) is 7. The first-order chi connectivity index (χ1) is 10.7. The summed E-state index contributed by atoms with van der Waals surface area (Å²) in [6.07, 6.45) is 7.03. The van der Waals surface area contributed by atoms with Crippen molar-refractivity contribution in [2.45, 2.75) is 26.1 Å². The zero-order valence-electron chi connectivity index (χ0n) is 12.9. The predicted molar refractivity (Wildman–Crippen MR) is 81.9 cm³/mol. The Bertz CT molecular complexity index is 579. The van der Waals surface area contributed by atoms with E-state index in [2.05, 4.69) is 44.1 Å². The summed E-state index contributed by atoms with van der Waals surface area (Å²) >= 11 is 0. The van der Waals surface area contributed by atoms with Crippen LogP contribution in [0.25, 0.3) is 5.82 Å². The molecule has 2 atom stereocenters. The second kappa shape index (κ2) is 6.80. The average molecular weight is 303 g/mol. The Morgan fingerprint density at radius 3 is 2.77 bits per heavy atom. The maximum atomic E-state index is 5.74. The first kappa shape index (κ1) is 14.9. The fourth-order valence-corrected chi connectivity index (χ4v) is 2.69. The Labute approximate surface area is 129 Å². The maximum Gasteiger partial charge on any atom is 0.175 e. The van der Waals surface area contributed by atoms with Crippen molar-refractivity contribution in [1.82, 2.24) is 29.6 Å². The van der Waals surface area contributed by atoms with Crippen LogP contribution in [0.2, 0.25) is 0 Å². The maximum absolute atomic E-state index is 5.74. The molecule has 118 valence electrons. The Morgan fingerprint density at radius 1 is 1.23 bits per heavy atom. The second-order valence-corrected chi connectivity index (χ2v) is 5.55. The van der Waals surface area contributed by atoms with Gasteiger partial charge in [0, 0.05) is 26.2 Å². The van der Waals surface area contributed by atoms with Gasteiger partial charge in [0.2, 0.25) is 0 Å². The molecule has 22 heavy (non-hydrogen) atoms. The van der Waals surface area contributed by atoms with E-state index in [1.807, 2.05) is 0 Å². The number of nitrogens with zero attached hydrogens (tertiary/aromatic N) is 6. The van der Waals surface area contributed by atoms with Crippen LogP contribution in [0.15, 0.2) is 25.0 Å². The molecule has 1 aliphatic heterocycles. The number of morpholine rings is 1. The van der Waals surface area contributed by atoms with Crippen molar-refractivity contribution >= 4 is 5.82 Å². The molecule has 1 N–H and O–H groups in total. The molecule has 0 bridgehead atoms. The molecule has 1 fully saturated rings. The van der Waals surface area contributed by atoms with Crippen LogP contribution in [0.1, 0.15) is 13.8 Å². The van der Waals surface area contributed by atoms with E-state index in [9.17, 15) is 0 Å². The third-order valence-corrected chi connectivity index (χ3v) is 3.50. The second-order valence-electron chi connectivity index (χ2n) is 5.55. The van der Waals surface area contributed by atoms with Gasteiger partial charge in [-0.05, 0) is 13.8 Å². The van der Waals surface area contributed by atoms with Crippen LogP contribution in [0.3, 0.4) is 0 Å². The first-order valence-corrected chi connectivity index (χ1v) is 7.49. The summed E-state index contributed by atoms with van der Waals surface area (Å²) in [5, 5.41) is 7.36. The van der Waals surface area contributed by atoms with E-state index in [1.54, 1.807) is 23.4 Å². The Balaban J connectivity index is 1.52. The Morgan fingerprint density at radius 2 is 2.05 bits per heavy atom. The quantitative estimate of drug-likeness (QED) is 0.865. The molecule has 2 aromatic heterocycles. The molecule has 0 aliphatic carbocycles. The van der Waals surface area contributed by atoms with Crippen LogP contribution >= 0.6 is 0 Å². The van der Waals surface area contributed by atoms with Gasteiger partial charge in [0.25, 0.3) is 0 Å². The molecule has 0 saturated carbocycles. The van der Waals surface area contributed by atoms with Crippen molar-refractivity contribution in [3.63, 3.8) is 0 Å². The van der Waals surface area contributed by atoms with Gasteiger partial charge in [0.05, 0.1) is 24.6 Å². The Hall–Kier alpha value is -2.06. The minimum absolute atomic E-state index is 0.291. The summed E-state index contributed by atoms with van der Waals surface area (Å²) in [4.78, 5) is 15.0. The lowest BCUT2D eigenvalue weighted by molar-refractivity contribution is -0.0667. The lowest BCUT2D eigenvalue weighted by Crippen LogP contribution is -2.46. The van der Waals surface area contributed by atoms with Gasteiger partial charge in [-0.3, -0.25) is 9.88 Å². The van der Waals surface area contributed by atoms with Gasteiger partial charge in [-0.15, -0.1) is 0 Å². The van der Waals surface area contributed by atoms with Crippen molar-refractivity contribution in [3.8, 4) is 5.82 Å². The molecule has 1 saturated heterocycles. The predicted octanol–water partition coefficient (Wildman–Crippen LogP) is 0.578. The van der Waals surface area contributed by atoms with E-state index in [4.69, 9.17) is 4.74 Å². The van der Waals surface area contributed by atoms with Gasteiger partial charge in [0.1, 0.15) is 18.5 Å². The van der Waals surface area contributed by atoms with Crippen LogP contribution in [0.5, 0.6) is 0 Å². The highest BCUT2D eigenvalue weighted by molar-refractivity contribution is 5.35. The molecular weight excluding hydrogens is 282 g/mol. The summed E-state index contributed by atoms with van der Waals surface area (Å²) in [6.45, 7) is 7.93. The molecule has 0 aromatic carbocycles. The van der Waals surface area contributed by atoms with Crippen molar-refractivity contribution < 1.29 is 4.74 Å². The van der Waals surface area contributed by atoms with Crippen LogP contribution in [0.4, 0.5) is 5.82 Å². The fourth-order valence-electron chi connectivity index (χ4n) is 2.69. The molecule has 0 amide bonds. The third-order valence-electron chi connectivity index (χ3n) is 3.50. The van der Waals surface area contributed by atoms with Crippen molar-refractivity contribution in [2.75, 3.05) is 31.5 Å². The van der Waals surface area contributed by atoms with E-state index in [-0.39, 0.29) is 0 Å². The summed E-state index contributed by atoms with van der Waals surface area (Å²) in [5.41, 5.74) is 0.